The highest BCUT2D eigenvalue weighted by Crippen LogP contribution is 2.38. The molecule has 1 amide bonds. The summed E-state index contributed by atoms with van der Waals surface area (Å²) in [5, 5.41) is -1.18. The molecule has 0 aliphatic carbocycles. The maximum Gasteiger partial charge on any atom is 0.410 e. The molecule has 10 heteroatoms. The first-order valence-corrected chi connectivity index (χ1v) is 17.1. The van der Waals surface area contributed by atoms with Crippen LogP contribution >= 0.6 is 0 Å². The molecular formula is C24H38N2O6SSi. The van der Waals surface area contributed by atoms with Crippen molar-refractivity contribution in [2.75, 3.05) is 30.7 Å². The second-order valence-corrected chi connectivity index (χ2v) is 18.9. The Morgan fingerprint density at radius 2 is 1.74 bits per heavy atom. The van der Waals surface area contributed by atoms with Crippen LogP contribution in [0.15, 0.2) is 24.3 Å². The Morgan fingerprint density at radius 1 is 1.12 bits per heavy atom. The first-order valence-electron chi connectivity index (χ1n) is 11.9. The molecule has 0 spiro atoms. The number of anilines is 1. The van der Waals surface area contributed by atoms with Gasteiger partial charge >= 0.3 is 6.09 Å². The van der Waals surface area contributed by atoms with Crippen LogP contribution in [0.25, 0.3) is 0 Å². The number of rotatable bonds is 6. The van der Waals surface area contributed by atoms with Gasteiger partial charge in [-0.25, -0.2) is 17.5 Å². The maximum atomic E-state index is 13.7. The van der Waals surface area contributed by atoms with Crippen molar-refractivity contribution in [3.05, 3.63) is 29.8 Å². The Labute approximate surface area is 204 Å². The van der Waals surface area contributed by atoms with Crippen LogP contribution in [0, 0.1) is 5.92 Å². The summed E-state index contributed by atoms with van der Waals surface area (Å²) in [5.41, 5.74) is 0.185. The number of hydrogen-bond acceptors (Lipinski definition) is 6. The van der Waals surface area contributed by atoms with E-state index in [0.717, 1.165) is 6.04 Å². The Morgan fingerprint density at radius 3 is 2.32 bits per heavy atom. The molecule has 0 N–H and O–H groups in total. The molecule has 1 unspecified atom stereocenters. The Balaban J connectivity index is 1.78. The van der Waals surface area contributed by atoms with Gasteiger partial charge in [-0.15, -0.1) is 0 Å². The summed E-state index contributed by atoms with van der Waals surface area (Å²) >= 11 is 0. The molecule has 2 aliphatic heterocycles. The van der Waals surface area contributed by atoms with Crippen LogP contribution in [0.2, 0.25) is 25.7 Å². The van der Waals surface area contributed by atoms with Crippen molar-refractivity contribution in [3.63, 3.8) is 0 Å². The number of fused-ring (bicyclic) bond motifs is 1. The van der Waals surface area contributed by atoms with Crippen LogP contribution in [-0.4, -0.2) is 70.5 Å². The van der Waals surface area contributed by atoms with Crippen molar-refractivity contribution in [2.24, 2.45) is 5.92 Å². The molecule has 1 atom stereocenters. The van der Waals surface area contributed by atoms with Gasteiger partial charge in [-0.1, -0.05) is 31.8 Å². The van der Waals surface area contributed by atoms with E-state index in [2.05, 4.69) is 19.6 Å². The van der Waals surface area contributed by atoms with E-state index in [1.165, 1.54) is 4.31 Å². The zero-order chi connectivity index (χ0) is 25.3. The molecule has 2 heterocycles. The number of benzene rings is 1. The zero-order valence-corrected chi connectivity index (χ0v) is 23.0. The molecule has 0 radical (unpaired) electrons. The van der Waals surface area contributed by atoms with E-state index in [1.54, 1.807) is 29.2 Å². The number of carbonyl (C=O) groups excluding carboxylic acids is 2. The standard InChI is InChI=1S/C24H38N2O6SSi/c1-24(2,3)32-23(28)25-13-11-18(12-14-25)22-21(27)19-9-7-8-10-20(19)26(33(22,29)30)17-31-15-16-34(4,5)6/h7-10,18,22H,11-17H2,1-6H3. The Kier molecular flexibility index (Phi) is 7.84. The van der Waals surface area contributed by atoms with Gasteiger partial charge in [0.05, 0.1) is 5.69 Å². The number of amides is 1. The lowest BCUT2D eigenvalue weighted by Gasteiger charge is -2.40. The normalized spacial score (nSPS) is 21.4. The number of piperidine rings is 1. The summed E-state index contributed by atoms with van der Waals surface area (Å²) in [6.07, 6.45) is 0.425. The van der Waals surface area contributed by atoms with Crippen LogP contribution in [-0.2, 0) is 19.5 Å². The summed E-state index contributed by atoms with van der Waals surface area (Å²) in [6.45, 7) is 13.2. The summed E-state index contributed by atoms with van der Waals surface area (Å²) in [6, 6.07) is 7.75. The van der Waals surface area contributed by atoms with Gasteiger partial charge in [-0.3, -0.25) is 4.79 Å². The average Bonchev–Trinajstić information content (AvgIpc) is 2.71. The fourth-order valence-electron chi connectivity index (χ4n) is 4.30. The van der Waals surface area contributed by atoms with Crippen molar-refractivity contribution < 1.29 is 27.5 Å². The van der Waals surface area contributed by atoms with Crippen LogP contribution < -0.4 is 4.31 Å². The fourth-order valence-corrected chi connectivity index (χ4v) is 7.14. The molecule has 0 saturated carbocycles. The molecular weight excluding hydrogens is 472 g/mol. The summed E-state index contributed by atoms with van der Waals surface area (Å²) in [5.74, 6) is -0.751. The molecule has 2 aliphatic rings. The van der Waals surface area contributed by atoms with Gasteiger partial charge in [0.2, 0.25) is 10.0 Å². The fraction of sp³-hybridized carbons (Fsp3) is 0.667. The van der Waals surface area contributed by atoms with Gasteiger partial charge in [0.15, 0.2) is 5.78 Å². The number of Topliss-reactive ketones (excluding diaryl/α,β-unsaturated/α-hetero) is 1. The number of ketones is 1. The number of sulfonamides is 1. The topological polar surface area (TPSA) is 93.2 Å². The predicted molar refractivity (Wildman–Crippen MR) is 135 cm³/mol. The smallest absolute Gasteiger partial charge is 0.410 e. The monoisotopic (exact) mass is 510 g/mol. The highest BCUT2D eigenvalue weighted by Gasteiger charge is 2.49. The molecule has 1 aromatic carbocycles. The lowest BCUT2D eigenvalue weighted by molar-refractivity contribution is 0.0184. The number of carbonyl (C=O) groups is 2. The number of para-hydroxylation sites is 1. The van der Waals surface area contributed by atoms with E-state index in [9.17, 15) is 18.0 Å². The van der Waals surface area contributed by atoms with E-state index in [-0.39, 0.29) is 18.4 Å². The Hall–Kier alpha value is -1.91. The highest BCUT2D eigenvalue weighted by atomic mass is 32.2. The van der Waals surface area contributed by atoms with Crippen molar-refractivity contribution in [3.8, 4) is 0 Å². The first-order chi connectivity index (χ1) is 15.7. The second kappa shape index (κ2) is 9.99. The van der Waals surface area contributed by atoms with Crippen molar-refractivity contribution in [1.82, 2.24) is 4.90 Å². The number of nitrogens with zero attached hydrogens (tertiary/aromatic N) is 2. The molecule has 1 fully saturated rings. The quantitative estimate of drug-likeness (QED) is 0.417. The third-order valence-corrected chi connectivity index (χ3v) is 10.0. The molecule has 34 heavy (non-hydrogen) atoms. The largest absolute Gasteiger partial charge is 0.444 e. The molecule has 0 aromatic heterocycles. The SMILES string of the molecule is CC(C)(C)OC(=O)N1CCC(C2C(=O)c3ccccc3N(COCC[Si](C)(C)C)S2(=O)=O)CC1. The van der Waals surface area contributed by atoms with E-state index < -0.39 is 35.0 Å². The van der Waals surface area contributed by atoms with Crippen LogP contribution in [0.4, 0.5) is 10.5 Å². The van der Waals surface area contributed by atoms with E-state index in [1.807, 2.05) is 20.8 Å². The Bertz CT molecular complexity index is 1010. The van der Waals surface area contributed by atoms with Crippen molar-refractivity contribution in [1.29, 1.82) is 0 Å². The molecule has 3 rings (SSSR count). The van der Waals surface area contributed by atoms with Gasteiger partial charge in [0.1, 0.15) is 17.6 Å². The minimum atomic E-state index is -3.97. The maximum absolute atomic E-state index is 13.7. The summed E-state index contributed by atoms with van der Waals surface area (Å²) in [7, 11) is -5.30. The minimum Gasteiger partial charge on any atom is -0.444 e. The number of ether oxygens (including phenoxy) is 2. The highest BCUT2D eigenvalue weighted by molar-refractivity contribution is 7.94. The lowest BCUT2D eigenvalue weighted by atomic mass is 9.88. The van der Waals surface area contributed by atoms with Crippen molar-refractivity contribution in [2.45, 2.75) is 70.1 Å². The van der Waals surface area contributed by atoms with Crippen LogP contribution in [0.3, 0.4) is 0 Å². The van der Waals surface area contributed by atoms with Crippen LogP contribution in [0.5, 0.6) is 0 Å². The van der Waals surface area contributed by atoms with Gasteiger partial charge in [-0.05, 0) is 57.7 Å². The first kappa shape index (κ1) is 26.7. The average molecular weight is 511 g/mol. The summed E-state index contributed by atoms with van der Waals surface area (Å²) in [4.78, 5) is 27.4. The third-order valence-electron chi connectivity index (χ3n) is 6.15. The van der Waals surface area contributed by atoms with Gasteiger partial charge in [0.25, 0.3) is 0 Å². The molecule has 1 aromatic rings. The molecule has 190 valence electrons. The van der Waals surface area contributed by atoms with Crippen LogP contribution in [0.1, 0.15) is 44.0 Å². The number of hydrogen-bond donors (Lipinski definition) is 0. The minimum absolute atomic E-state index is 0.107. The van der Waals surface area contributed by atoms with Gasteiger partial charge < -0.3 is 14.4 Å². The second-order valence-electron chi connectivity index (χ2n) is 11.3. The molecule has 1 saturated heterocycles. The lowest BCUT2D eigenvalue weighted by Crippen LogP contribution is -2.54. The van der Waals surface area contributed by atoms with E-state index in [0.29, 0.717) is 43.8 Å². The molecule has 0 bridgehead atoms. The number of likely N-dealkylation sites (tertiary alicyclic amines) is 1. The van der Waals surface area contributed by atoms with E-state index in [4.69, 9.17) is 9.47 Å². The van der Waals surface area contributed by atoms with E-state index >= 15 is 0 Å². The van der Waals surface area contributed by atoms with Gasteiger partial charge in [0, 0.05) is 33.3 Å². The molecule has 8 nitrogen and oxygen atoms in total. The van der Waals surface area contributed by atoms with Gasteiger partial charge in [-0.2, -0.15) is 0 Å². The van der Waals surface area contributed by atoms with Crippen molar-refractivity contribution >= 4 is 35.7 Å². The third kappa shape index (κ3) is 6.20. The zero-order valence-electron chi connectivity index (χ0n) is 21.2. The summed E-state index contributed by atoms with van der Waals surface area (Å²) < 4.78 is 39.9. The predicted octanol–water partition coefficient (Wildman–Crippen LogP) is 4.35.